The maximum atomic E-state index is 12.6. The molecule has 0 aliphatic carbocycles. The fourth-order valence-corrected chi connectivity index (χ4v) is 3.64. The van der Waals surface area contributed by atoms with Gasteiger partial charge in [0.1, 0.15) is 0 Å². The summed E-state index contributed by atoms with van der Waals surface area (Å²) in [5.41, 5.74) is 1.51. The number of carbonyl (C=O) groups excluding carboxylic acids is 1. The normalized spacial score (nSPS) is 11.5. The summed E-state index contributed by atoms with van der Waals surface area (Å²) in [7, 11) is -3.47. The van der Waals surface area contributed by atoms with Crippen LogP contribution in [0.3, 0.4) is 0 Å². The van der Waals surface area contributed by atoms with E-state index < -0.39 is 10.0 Å². The number of amides is 1. The van der Waals surface area contributed by atoms with E-state index in [1.54, 1.807) is 29.2 Å². The van der Waals surface area contributed by atoms with E-state index in [1.807, 2.05) is 37.3 Å². The van der Waals surface area contributed by atoms with Crippen LogP contribution in [0.2, 0.25) is 5.02 Å². The average molecular weight is 395 g/mol. The van der Waals surface area contributed by atoms with E-state index in [4.69, 9.17) is 11.6 Å². The van der Waals surface area contributed by atoms with E-state index in [9.17, 15) is 13.2 Å². The number of halogens is 1. The molecule has 0 spiro atoms. The van der Waals surface area contributed by atoms with Crippen LogP contribution in [-0.4, -0.2) is 38.0 Å². The van der Waals surface area contributed by atoms with E-state index in [2.05, 4.69) is 0 Å². The zero-order chi connectivity index (χ0) is 19.2. The molecule has 7 heteroatoms. The summed E-state index contributed by atoms with van der Waals surface area (Å²) in [5, 5.41) is 0.506. The smallest absolute Gasteiger partial charge is 0.228 e. The van der Waals surface area contributed by atoms with Crippen molar-refractivity contribution in [1.29, 1.82) is 0 Å². The predicted molar refractivity (Wildman–Crippen MR) is 106 cm³/mol. The fourth-order valence-electron chi connectivity index (χ4n) is 2.64. The lowest BCUT2D eigenvalue weighted by molar-refractivity contribution is -0.118. The number of sulfonamides is 1. The highest BCUT2D eigenvalue weighted by atomic mass is 35.5. The molecule has 2 aromatic carbocycles. The highest BCUT2D eigenvalue weighted by Crippen LogP contribution is 2.19. The number of carbonyl (C=O) groups is 1. The van der Waals surface area contributed by atoms with Gasteiger partial charge in [0.15, 0.2) is 0 Å². The van der Waals surface area contributed by atoms with Gasteiger partial charge in [-0.3, -0.25) is 4.79 Å². The van der Waals surface area contributed by atoms with Gasteiger partial charge in [-0.2, -0.15) is 4.31 Å². The zero-order valence-electron chi connectivity index (χ0n) is 14.9. The minimum absolute atomic E-state index is 0.0975. The van der Waals surface area contributed by atoms with Gasteiger partial charge in [0.2, 0.25) is 15.9 Å². The van der Waals surface area contributed by atoms with Gasteiger partial charge in [0.05, 0.1) is 6.26 Å². The van der Waals surface area contributed by atoms with Crippen molar-refractivity contribution in [2.24, 2.45) is 0 Å². The lowest BCUT2D eigenvalue weighted by atomic mass is 10.2. The molecule has 0 fully saturated rings. The molecule has 1 amide bonds. The van der Waals surface area contributed by atoms with Crippen LogP contribution < -0.4 is 4.90 Å². The van der Waals surface area contributed by atoms with Crippen LogP contribution in [0, 0.1) is 0 Å². The van der Waals surface area contributed by atoms with Crippen LogP contribution in [-0.2, 0) is 21.4 Å². The van der Waals surface area contributed by atoms with Crippen LogP contribution >= 0.6 is 11.6 Å². The Kier molecular flexibility index (Phi) is 7.20. The van der Waals surface area contributed by atoms with E-state index >= 15 is 0 Å². The number of nitrogens with zero attached hydrogens (tertiary/aromatic N) is 2. The largest absolute Gasteiger partial charge is 0.313 e. The summed E-state index contributed by atoms with van der Waals surface area (Å²) in [4.78, 5) is 14.3. The predicted octanol–water partition coefficient (Wildman–Crippen LogP) is 3.54. The van der Waals surface area contributed by atoms with Crippen molar-refractivity contribution in [1.82, 2.24) is 4.31 Å². The summed E-state index contributed by atoms with van der Waals surface area (Å²) < 4.78 is 25.5. The first-order valence-electron chi connectivity index (χ1n) is 8.37. The van der Waals surface area contributed by atoms with Gasteiger partial charge < -0.3 is 4.90 Å². The first-order valence-corrected chi connectivity index (χ1v) is 10.6. The van der Waals surface area contributed by atoms with E-state index in [0.717, 1.165) is 11.9 Å². The lowest BCUT2D eigenvalue weighted by Gasteiger charge is -2.24. The summed E-state index contributed by atoms with van der Waals surface area (Å²) in [6, 6.07) is 16.4. The van der Waals surface area contributed by atoms with Gasteiger partial charge in [-0.25, -0.2) is 8.42 Å². The Morgan fingerprint density at radius 2 is 1.65 bits per heavy atom. The Hall–Kier alpha value is -1.89. The molecular weight excluding hydrogens is 372 g/mol. The zero-order valence-corrected chi connectivity index (χ0v) is 16.5. The van der Waals surface area contributed by atoms with Crippen molar-refractivity contribution in [3.8, 4) is 0 Å². The Morgan fingerprint density at radius 3 is 2.23 bits per heavy atom. The van der Waals surface area contributed by atoms with E-state index in [-0.39, 0.29) is 25.4 Å². The van der Waals surface area contributed by atoms with Crippen molar-refractivity contribution < 1.29 is 13.2 Å². The maximum Gasteiger partial charge on any atom is 0.228 e. The Balaban J connectivity index is 2.09. The molecule has 140 valence electrons. The molecule has 2 aromatic rings. The van der Waals surface area contributed by atoms with Gasteiger partial charge in [-0.1, -0.05) is 48.0 Å². The van der Waals surface area contributed by atoms with Crippen LogP contribution in [0.5, 0.6) is 0 Å². The third-order valence-electron chi connectivity index (χ3n) is 4.03. The summed E-state index contributed by atoms with van der Waals surface area (Å²) >= 11 is 6.14. The standard InChI is InChI=1S/C19H23ClN2O3S/c1-3-22(17-10-5-4-6-11-17)19(23)13-14-21(26(2,24)25)15-16-9-7-8-12-18(16)20/h4-12H,3,13-15H2,1-2H3. The third-order valence-corrected chi connectivity index (χ3v) is 5.65. The molecule has 0 unspecified atom stereocenters. The average Bonchev–Trinajstić information content (AvgIpc) is 2.60. The van der Waals surface area contributed by atoms with Gasteiger partial charge in [-0.05, 0) is 30.7 Å². The second kappa shape index (κ2) is 9.16. The molecule has 0 saturated heterocycles. The quantitative estimate of drug-likeness (QED) is 0.688. The first kappa shape index (κ1) is 20.4. The number of hydrogen-bond acceptors (Lipinski definition) is 3. The molecule has 0 N–H and O–H groups in total. The van der Waals surface area contributed by atoms with Crippen LogP contribution in [0.4, 0.5) is 5.69 Å². The second-order valence-electron chi connectivity index (χ2n) is 5.91. The van der Waals surface area contributed by atoms with Crippen molar-refractivity contribution >= 4 is 33.2 Å². The van der Waals surface area contributed by atoms with Crippen LogP contribution in [0.1, 0.15) is 18.9 Å². The number of para-hydroxylation sites is 1. The molecule has 0 aromatic heterocycles. The minimum Gasteiger partial charge on any atom is -0.313 e. The summed E-state index contributed by atoms with van der Waals surface area (Å²) in [5.74, 6) is -0.119. The monoisotopic (exact) mass is 394 g/mol. The third kappa shape index (κ3) is 5.56. The first-order chi connectivity index (χ1) is 12.3. The molecule has 0 atom stereocenters. The summed E-state index contributed by atoms with van der Waals surface area (Å²) in [6.07, 6.45) is 1.24. The molecule has 0 bridgehead atoms. The molecule has 0 radical (unpaired) electrons. The molecular formula is C19H23ClN2O3S. The molecule has 0 aliphatic heterocycles. The van der Waals surface area contributed by atoms with Crippen molar-refractivity contribution in [3.05, 3.63) is 65.2 Å². The maximum absolute atomic E-state index is 12.6. The SMILES string of the molecule is CCN(C(=O)CCN(Cc1ccccc1Cl)S(C)(=O)=O)c1ccccc1. The van der Waals surface area contributed by atoms with Gasteiger partial charge in [0, 0.05) is 36.8 Å². The van der Waals surface area contributed by atoms with E-state index in [1.165, 1.54) is 4.31 Å². The van der Waals surface area contributed by atoms with Crippen molar-refractivity contribution in [3.63, 3.8) is 0 Å². The molecule has 0 heterocycles. The number of hydrogen-bond donors (Lipinski definition) is 0. The molecule has 0 aliphatic rings. The number of rotatable bonds is 8. The Bertz CT molecular complexity index is 841. The van der Waals surface area contributed by atoms with Gasteiger partial charge in [-0.15, -0.1) is 0 Å². The Labute approximate surface area is 160 Å². The number of anilines is 1. The van der Waals surface area contributed by atoms with E-state index in [0.29, 0.717) is 17.1 Å². The highest BCUT2D eigenvalue weighted by molar-refractivity contribution is 7.88. The van der Waals surface area contributed by atoms with Crippen LogP contribution in [0.15, 0.2) is 54.6 Å². The van der Waals surface area contributed by atoms with Gasteiger partial charge >= 0.3 is 0 Å². The Morgan fingerprint density at radius 1 is 1.04 bits per heavy atom. The lowest BCUT2D eigenvalue weighted by Crippen LogP contribution is -2.36. The van der Waals surface area contributed by atoms with Crippen LogP contribution in [0.25, 0.3) is 0 Å². The molecule has 2 rings (SSSR count). The summed E-state index contributed by atoms with van der Waals surface area (Å²) in [6.45, 7) is 2.66. The second-order valence-corrected chi connectivity index (χ2v) is 8.30. The fraction of sp³-hybridized carbons (Fsp3) is 0.316. The number of benzene rings is 2. The minimum atomic E-state index is -3.47. The van der Waals surface area contributed by atoms with Gasteiger partial charge in [0.25, 0.3) is 0 Å². The molecule has 0 saturated carbocycles. The van der Waals surface area contributed by atoms with Crippen molar-refractivity contribution in [2.75, 3.05) is 24.2 Å². The molecule has 26 heavy (non-hydrogen) atoms. The molecule has 5 nitrogen and oxygen atoms in total. The highest BCUT2D eigenvalue weighted by Gasteiger charge is 2.21. The van der Waals surface area contributed by atoms with Crippen molar-refractivity contribution in [2.45, 2.75) is 19.9 Å². The topological polar surface area (TPSA) is 57.7 Å².